The van der Waals surface area contributed by atoms with E-state index in [1.165, 1.54) is 0 Å². The Bertz CT molecular complexity index is 339. The maximum atomic E-state index is 12.1. The molecule has 1 aliphatic heterocycles. The fourth-order valence-electron chi connectivity index (χ4n) is 2.24. The summed E-state index contributed by atoms with van der Waals surface area (Å²) in [5.41, 5.74) is 0.932. The lowest BCUT2D eigenvalue weighted by Crippen LogP contribution is -2.41. The highest BCUT2D eigenvalue weighted by molar-refractivity contribution is 5.83. The minimum absolute atomic E-state index is 0.182. The van der Waals surface area contributed by atoms with Crippen molar-refractivity contribution in [2.24, 2.45) is 5.41 Å². The van der Waals surface area contributed by atoms with Crippen molar-refractivity contribution in [1.82, 2.24) is 15.6 Å². The van der Waals surface area contributed by atoms with Crippen molar-refractivity contribution in [3.63, 3.8) is 0 Å². The predicted octanol–water partition coefficient (Wildman–Crippen LogP) is 1.02. The lowest BCUT2D eigenvalue weighted by Gasteiger charge is -2.25. The standard InChI is InChI=1S/C12H19N3O/c1-2-12(4-6-14-9-12)11(16)15-8-10-3-5-13-7-10/h3,5,7,13-14H,2,4,6,8-9H2,1H3,(H,15,16). The molecule has 0 saturated carbocycles. The molecule has 4 nitrogen and oxygen atoms in total. The summed E-state index contributed by atoms with van der Waals surface area (Å²) >= 11 is 0. The molecule has 2 rings (SSSR count). The number of amides is 1. The Morgan fingerprint density at radius 1 is 1.62 bits per heavy atom. The molecule has 1 atom stereocenters. The molecule has 0 aliphatic carbocycles. The van der Waals surface area contributed by atoms with Crippen LogP contribution in [0.25, 0.3) is 0 Å². The van der Waals surface area contributed by atoms with E-state index in [2.05, 4.69) is 22.5 Å². The number of hydrogen-bond acceptors (Lipinski definition) is 2. The van der Waals surface area contributed by atoms with Crippen LogP contribution < -0.4 is 10.6 Å². The van der Waals surface area contributed by atoms with Gasteiger partial charge < -0.3 is 15.6 Å². The van der Waals surface area contributed by atoms with E-state index >= 15 is 0 Å². The number of H-pyrrole nitrogens is 1. The molecule has 3 N–H and O–H groups in total. The van der Waals surface area contributed by atoms with Crippen molar-refractivity contribution < 1.29 is 4.79 Å². The van der Waals surface area contributed by atoms with Gasteiger partial charge in [0.05, 0.1) is 5.41 Å². The van der Waals surface area contributed by atoms with Crippen LogP contribution in [0.5, 0.6) is 0 Å². The second-order valence-corrected chi connectivity index (χ2v) is 4.46. The van der Waals surface area contributed by atoms with Crippen molar-refractivity contribution in [2.75, 3.05) is 13.1 Å². The maximum Gasteiger partial charge on any atom is 0.227 e. The van der Waals surface area contributed by atoms with Gasteiger partial charge in [-0.05, 0) is 31.0 Å². The molecule has 1 amide bonds. The number of carbonyl (C=O) groups excluding carboxylic acids is 1. The number of aromatic nitrogens is 1. The van der Waals surface area contributed by atoms with Crippen LogP contribution >= 0.6 is 0 Å². The van der Waals surface area contributed by atoms with E-state index in [-0.39, 0.29) is 11.3 Å². The molecule has 0 spiro atoms. The molecule has 0 bridgehead atoms. The van der Waals surface area contributed by atoms with Gasteiger partial charge in [-0.15, -0.1) is 0 Å². The molecule has 0 radical (unpaired) electrons. The SMILES string of the molecule is CCC1(C(=O)NCc2cc[nH]c2)CCNC1. The molecule has 88 valence electrons. The van der Waals surface area contributed by atoms with Gasteiger partial charge in [0.25, 0.3) is 0 Å². The number of aromatic amines is 1. The third kappa shape index (κ3) is 2.11. The summed E-state index contributed by atoms with van der Waals surface area (Å²) in [6, 6.07) is 1.98. The second kappa shape index (κ2) is 4.70. The number of nitrogens with one attached hydrogen (secondary N) is 3. The molecule has 1 fully saturated rings. The third-order valence-corrected chi connectivity index (χ3v) is 3.52. The molecule has 1 aromatic heterocycles. The Morgan fingerprint density at radius 3 is 3.06 bits per heavy atom. The van der Waals surface area contributed by atoms with Gasteiger partial charge in [0.15, 0.2) is 0 Å². The van der Waals surface area contributed by atoms with Gasteiger partial charge in [-0.2, -0.15) is 0 Å². The molecule has 16 heavy (non-hydrogen) atoms. The summed E-state index contributed by atoms with van der Waals surface area (Å²) in [6.07, 6.45) is 5.63. The van der Waals surface area contributed by atoms with Gasteiger partial charge in [0.1, 0.15) is 0 Å². The normalized spacial score (nSPS) is 24.6. The zero-order valence-corrected chi connectivity index (χ0v) is 9.68. The van der Waals surface area contributed by atoms with E-state index in [1.807, 2.05) is 18.5 Å². The van der Waals surface area contributed by atoms with Crippen molar-refractivity contribution >= 4 is 5.91 Å². The molecule has 0 aromatic carbocycles. The summed E-state index contributed by atoms with van der Waals surface area (Å²) in [5, 5.41) is 6.29. The Kier molecular flexibility index (Phi) is 3.29. The second-order valence-electron chi connectivity index (χ2n) is 4.46. The Morgan fingerprint density at radius 2 is 2.50 bits per heavy atom. The van der Waals surface area contributed by atoms with E-state index in [1.54, 1.807) is 0 Å². The van der Waals surface area contributed by atoms with Crippen LogP contribution in [0, 0.1) is 5.41 Å². The van der Waals surface area contributed by atoms with Crippen LogP contribution in [0.3, 0.4) is 0 Å². The molecular formula is C12H19N3O. The summed E-state index contributed by atoms with van der Waals surface area (Å²) in [5.74, 6) is 0.182. The van der Waals surface area contributed by atoms with Crippen LogP contribution in [0.15, 0.2) is 18.5 Å². The highest BCUT2D eigenvalue weighted by Crippen LogP contribution is 2.29. The predicted molar refractivity (Wildman–Crippen MR) is 62.9 cm³/mol. The Hall–Kier alpha value is -1.29. The number of carbonyl (C=O) groups is 1. The lowest BCUT2D eigenvalue weighted by molar-refractivity contribution is -0.130. The molecule has 4 heteroatoms. The van der Waals surface area contributed by atoms with Gasteiger partial charge in [-0.1, -0.05) is 6.92 Å². The van der Waals surface area contributed by atoms with Gasteiger partial charge >= 0.3 is 0 Å². The van der Waals surface area contributed by atoms with E-state index in [9.17, 15) is 4.79 Å². The molecule has 1 unspecified atom stereocenters. The minimum atomic E-state index is -0.184. The summed E-state index contributed by atoms with van der Waals surface area (Å²) in [6.45, 7) is 4.46. The van der Waals surface area contributed by atoms with Crippen LogP contribution in [0.2, 0.25) is 0 Å². The van der Waals surface area contributed by atoms with Crippen LogP contribution in [0.4, 0.5) is 0 Å². The average molecular weight is 221 g/mol. The smallest absolute Gasteiger partial charge is 0.227 e. The van der Waals surface area contributed by atoms with Crippen LogP contribution in [-0.2, 0) is 11.3 Å². The third-order valence-electron chi connectivity index (χ3n) is 3.52. The van der Waals surface area contributed by atoms with Crippen LogP contribution in [-0.4, -0.2) is 24.0 Å². The van der Waals surface area contributed by atoms with E-state index in [4.69, 9.17) is 0 Å². The number of rotatable bonds is 4. The highest BCUT2D eigenvalue weighted by atomic mass is 16.2. The van der Waals surface area contributed by atoms with Gasteiger partial charge in [0.2, 0.25) is 5.91 Å². The molecule has 2 heterocycles. The first kappa shape index (κ1) is 11.2. The molecule has 1 aliphatic rings. The molecule has 1 saturated heterocycles. The fraction of sp³-hybridized carbons (Fsp3) is 0.583. The number of hydrogen-bond donors (Lipinski definition) is 3. The van der Waals surface area contributed by atoms with E-state index in [0.29, 0.717) is 6.54 Å². The molecular weight excluding hydrogens is 202 g/mol. The van der Waals surface area contributed by atoms with Crippen LogP contribution in [0.1, 0.15) is 25.3 Å². The highest BCUT2D eigenvalue weighted by Gasteiger charge is 2.39. The first-order valence-corrected chi connectivity index (χ1v) is 5.87. The zero-order chi connectivity index (χ0) is 11.4. The summed E-state index contributed by atoms with van der Waals surface area (Å²) < 4.78 is 0. The van der Waals surface area contributed by atoms with E-state index < -0.39 is 0 Å². The Balaban J connectivity index is 1.91. The largest absolute Gasteiger partial charge is 0.367 e. The van der Waals surface area contributed by atoms with Crippen molar-refractivity contribution in [2.45, 2.75) is 26.3 Å². The lowest BCUT2D eigenvalue weighted by atomic mass is 9.83. The van der Waals surface area contributed by atoms with Gasteiger partial charge in [-0.3, -0.25) is 4.79 Å². The average Bonchev–Trinajstić information content (AvgIpc) is 2.97. The van der Waals surface area contributed by atoms with Crippen molar-refractivity contribution in [3.05, 3.63) is 24.0 Å². The first-order chi connectivity index (χ1) is 7.77. The zero-order valence-electron chi connectivity index (χ0n) is 9.68. The first-order valence-electron chi connectivity index (χ1n) is 5.87. The maximum absolute atomic E-state index is 12.1. The summed E-state index contributed by atoms with van der Waals surface area (Å²) in [7, 11) is 0. The topological polar surface area (TPSA) is 56.9 Å². The van der Waals surface area contributed by atoms with Crippen molar-refractivity contribution in [1.29, 1.82) is 0 Å². The minimum Gasteiger partial charge on any atom is -0.367 e. The van der Waals surface area contributed by atoms with Gasteiger partial charge in [0, 0.05) is 25.5 Å². The Labute approximate surface area is 95.8 Å². The quantitative estimate of drug-likeness (QED) is 0.711. The molecule has 1 aromatic rings. The van der Waals surface area contributed by atoms with Gasteiger partial charge in [-0.25, -0.2) is 0 Å². The summed E-state index contributed by atoms with van der Waals surface area (Å²) in [4.78, 5) is 15.1. The monoisotopic (exact) mass is 221 g/mol. The van der Waals surface area contributed by atoms with Crippen molar-refractivity contribution in [3.8, 4) is 0 Å². The van der Waals surface area contributed by atoms with E-state index in [0.717, 1.165) is 31.5 Å². The fourth-order valence-corrected chi connectivity index (χ4v) is 2.24.